The molecule has 5 heteroatoms. The third-order valence-corrected chi connectivity index (χ3v) is 4.48. The molecule has 1 aromatic carbocycles. The predicted molar refractivity (Wildman–Crippen MR) is 79.7 cm³/mol. The van der Waals surface area contributed by atoms with Crippen molar-refractivity contribution in [1.29, 1.82) is 0 Å². The Morgan fingerprint density at radius 2 is 2.18 bits per heavy atom. The molecule has 1 fully saturated rings. The molecule has 0 aliphatic carbocycles. The van der Waals surface area contributed by atoms with Crippen LogP contribution in [0, 0.1) is 0 Å². The van der Waals surface area contributed by atoms with Crippen molar-refractivity contribution < 1.29 is 4.79 Å². The molecule has 1 aromatic rings. The fourth-order valence-electron chi connectivity index (χ4n) is 1.51. The zero-order valence-electron chi connectivity index (χ0n) is 9.14. The van der Waals surface area contributed by atoms with E-state index in [9.17, 15) is 4.79 Å². The Morgan fingerprint density at radius 3 is 2.76 bits per heavy atom. The summed E-state index contributed by atoms with van der Waals surface area (Å²) in [7, 11) is 0. The molecule has 1 amide bonds. The summed E-state index contributed by atoms with van der Waals surface area (Å²) >= 11 is 9.98. The van der Waals surface area contributed by atoms with E-state index in [4.69, 9.17) is 12.2 Å². The first kappa shape index (κ1) is 12.8. The number of nitrogens with zero attached hydrogens (tertiary/aromatic N) is 1. The number of amides is 1. The van der Waals surface area contributed by atoms with Crippen molar-refractivity contribution in [3.8, 4) is 0 Å². The molecule has 0 atom stereocenters. The number of thioether (sulfide) groups is 1. The van der Waals surface area contributed by atoms with Crippen LogP contribution < -0.4 is 0 Å². The van der Waals surface area contributed by atoms with Crippen molar-refractivity contribution >= 4 is 56.2 Å². The van der Waals surface area contributed by atoms with E-state index in [-0.39, 0.29) is 5.91 Å². The van der Waals surface area contributed by atoms with Crippen molar-refractivity contribution in [3.63, 3.8) is 0 Å². The van der Waals surface area contributed by atoms with Gasteiger partial charge in [-0.25, -0.2) is 0 Å². The number of carbonyl (C=O) groups excluding carboxylic acids is 1. The number of thiocarbonyl (C=S) groups is 1. The molecule has 0 saturated carbocycles. The average Bonchev–Trinajstić information content (AvgIpc) is 2.57. The summed E-state index contributed by atoms with van der Waals surface area (Å²) in [5.41, 5.74) is 0.990. The first-order valence-corrected chi connectivity index (χ1v) is 7.15. The van der Waals surface area contributed by atoms with Gasteiger partial charge >= 0.3 is 0 Å². The fourth-order valence-corrected chi connectivity index (χ4v) is 3.28. The van der Waals surface area contributed by atoms with Gasteiger partial charge in [-0.1, -0.05) is 58.1 Å². The monoisotopic (exact) mass is 327 g/mol. The van der Waals surface area contributed by atoms with Crippen molar-refractivity contribution in [2.24, 2.45) is 0 Å². The van der Waals surface area contributed by atoms with Crippen LogP contribution >= 0.6 is 39.9 Å². The topological polar surface area (TPSA) is 20.3 Å². The molecule has 0 aromatic heterocycles. The van der Waals surface area contributed by atoms with Crippen LogP contribution in [0.4, 0.5) is 0 Å². The zero-order chi connectivity index (χ0) is 12.4. The lowest BCUT2D eigenvalue weighted by atomic mass is 10.2. The first-order chi connectivity index (χ1) is 8.13. The Bertz CT molecular complexity index is 513. The standard InChI is InChI=1S/C12H10BrNOS2/c1-2-14-11(15)10(17-12(14)16)7-8-5-3-4-6-9(8)13/h3-7H,2H2,1H3/b10-7-. The number of likely N-dealkylation sites (N-methyl/N-ethyl adjacent to an activating group) is 1. The highest BCUT2D eigenvalue weighted by molar-refractivity contribution is 9.10. The molecule has 0 unspecified atom stereocenters. The Labute approximate surface area is 118 Å². The normalized spacial score (nSPS) is 18.2. The van der Waals surface area contributed by atoms with Crippen molar-refractivity contribution in [2.45, 2.75) is 6.92 Å². The Hall–Kier alpha value is -0.650. The van der Waals surface area contributed by atoms with E-state index in [1.54, 1.807) is 4.90 Å². The summed E-state index contributed by atoms with van der Waals surface area (Å²) in [4.78, 5) is 14.3. The molecular weight excluding hydrogens is 318 g/mol. The summed E-state index contributed by atoms with van der Waals surface area (Å²) in [6, 6.07) is 7.80. The maximum atomic E-state index is 12.0. The molecule has 0 radical (unpaired) electrons. The zero-order valence-corrected chi connectivity index (χ0v) is 12.4. The molecule has 2 nitrogen and oxygen atoms in total. The van der Waals surface area contributed by atoms with Gasteiger partial charge in [0.2, 0.25) is 0 Å². The van der Waals surface area contributed by atoms with Gasteiger partial charge in [-0.15, -0.1) is 0 Å². The number of hydrogen-bond acceptors (Lipinski definition) is 3. The van der Waals surface area contributed by atoms with Gasteiger partial charge in [0.15, 0.2) is 0 Å². The summed E-state index contributed by atoms with van der Waals surface area (Å²) in [5, 5.41) is 0. The highest BCUT2D eigenvalue weighted by atomic mass is 79.9. The predicted octanol–water partition coefficient (Wildman–Crippen LogP) is 3.67. The molecule has 2 rings (SSSR count). The quantitative estimate of drug-likeness (QED) is 0.610. The van der Waals surface area contributed by atoms with E-state index in [0.717, 1.165) is 10.0 Å². The van der Waals surface area contributed by atoms with Gasteiger partial charge in [0, 0.05) is 11.0 Å². The first-order valence-electron chi connectivity index (χ1n) is 5.13. The van der Waals surface area contributed by atoms with Gasteiger partial charge in [0.05, 0.1) is 4.91 Å². The summed E-state index contributed by atoms with van der Waals surface area (Å²) in [6.45, 7) is 2.55. The van der Waals surface area contributed by atoms with Crippen molar-refractivity contribution in [1.82, 2.24) is 4.90 Å². The van der Waals surface area contributed by atoms with E-state index in [1.165, 1.54) is 11.8 Å². The molecule has 0 spiro atoms. The van der Waals surface area contributed by atoms with Crippen LogP contribution in [0.1, 0.15) is 12.5 Å². The number of benzene rings is 1. The second-order valence-corrected chi connectivity index (χ2v) is 5.98. The Kier molecular flexibility index (Phi) is 4.01. The van der Waals surface area contributed by atoms with Gasteiger partial charge in [-0.05, 0) is 24.6 Å². The molecule has 88 valence electrons. The van der Waals surface area contributed by atoms with Crippen molar-refractivity contribution in [3.05, 3.63) is 39.2 Å². The SMILES string of the molecule is CCN1C(=O)/C(=C/c2ccccc2Br)SC1=S. The molecule has 1 saturated heterocycles. The molecule has 1 heterocycles. The van der Waals surface area contributed by atoms with E-state index >= 15 is 0 Å². The summed E-state index contributed by atoms with van der Waals surface area (Å²) in [6.07, 6.45) is 1.87. The van der Waals surface area contributed by atoms with Crippen LogP contribution in [0.5, 0.6) is 0 Å². The summed E-state index contributed by atoms with van der Waals surface area (Å²) in [5.74, 6) is -0.00162. The van der Waals surface area contributed by atoms with Crippen LogP contribution in [0.2, 0.25) is 0 Å². The maximum Gasteiger partial charge on any atom is 0.266 e. The lowest BCUT2D eigenvalue weighted by Crippen LogP contribution is -2.27. The van der Waals surface area contributed by atoms with Gasteiger partial charge < -0.3 is 0 Å². The van der Waals surface area contributed by atoms with Crippen LogP contribution in [-0.4, -0.2) is 21.7 Å². The van der Waals surface area contributed by atoms with E-state index in [2.05, 4.69) is 15.9 Å². The van der Waals surface area contributed by atoms with Gasteiger partial charge in [-0.2, -0.15) is 0 Å². The minimum absolute atomic E-state index is 0.00162. The number of halogens is 1. The second kappa shape index (κ2) is 5.33. The van der Waals surface area contributed by atoms with Crippen LogP contribution in [0.3, 0.4) is 0 Å². The number of rotatable bonds is 2. The van der Waals surface area contributed by atoms with E-state index in [1.807, 2.05) is 37.3 Å². The smallest absolute Gasteiger partial charge is 0.266 e. The minimum atomic E-state index is -0.00162. The summed E-state index contributed by atoms with van der Waals surface area (Å²) < 4.78 is 1.61. The average molecular weight is 328 g/mol. The van der Waals surface area contributed by atoms with Gasteiger partial charge in [0.25, 0.3) is 5.91 Å². The fraction of sp³-hybridized carbons (Fsp3) is 0.167. The lowest BCUT2D eigenvalue weighted by Gasteiger charge is -2.09. The molecule has 1 aliphatic rings. The van der Waals surface area contributed by atoms with Crippen molar-refractivity contribution in [2.75, 3.05) is 6.54 Å². The highest BCUT2D eigenvalue weighted by Gasteiger charge is 2.30. The van der Waals surface area contributed by atoms with Gasteiger partial charge in [0.1, 0.15) is 4.32 Å². The molecule has 0 N–H and O–H groups in total. The lowest BCUT2D eigenvalue weighted by molar-refractivity contribution is -0.121. The molecular formula is C12H10BrNOS2. The third kappa shape index (κ3) is 2.61. The molecule has 1 aliphatic heterocycles. The van der Waals surface area contributed by atoms with Crippen LogP contribution in [0.15, 0.2) is 33.6 Å². The highest BCUT2D eigenvalue weighted by Crippen LogP contribution is 2.33. The Morgan fingerprint density at radius 1 is 1.47 bits per heavy atom. The minimum Gasteiger partial charge on any atom is -0.293 e. The maximum absolute atomic E-state index is 12.0. The largest absolute Gasteiger partial charge is 0.293 e. The Balaban J connectivity index is 2.34. The van der Waals surface area contributed by atoms with E-state index < -0.39 is 0 Å². The third-order valence-electron chi connectivity index (χ3n) is 2.38. The molecule has 0 bridgehead atoms. The van der Waals surface area contributed by atoms with Crippen LogP contribution in [-0.2, 0) is 4.79 Å². The molecule has 17 heavy (non-hydrogen) atoms. The van der Waals surface area contributed by atoms with Crippen LogP contribution in [0.25, 0.3) is 6.08 Å². The number of carbonyl (C=O) groups is 1. The number of hydrogen-bond donors (Lipinski definition) is 0. The second-order valence-electron chi connectivity index (χ2n) is 3.45. The van der Waals surface area contributed by atoms with E-state index in [0.29, 0.717) is 15.8 Å². The van der Waals surface area contributed by atoms with Gasteiger partial charge in [-0.3, -0.25) is 9.69 Å².